The SMILES string of the molecule is NCCC[C@H]1N[C@@H](CNC(=O)c2ccc3ccccc3c2)CCN(Cc2cc(F)cc(Cl)c2)C1=O. The highest BCUT2D eigenvalue weighted by Crippen LogP contribution is 2.19. The second-order valence-electron chi connectivity index (χ2n) is 8.95. The number of nitrogens with two attached hydrogens (primary N) is 1. The number of hydrogen-bond acceptors (Lipinski definition) is 4. The van der Waals surface area contributed by atoms with Crippen molar-refractivity contribution in [3.05, 3.63) is 82.6 Å². The van der Waals surface area contributed by atoms with Crippen molar-refractivity contribution in [3.8, 4) is 0 Å². The van der Waals surface area contributed by atoms with E-state index in [9.17, 15) is 14.0 Å². The van der Waals surface area contributed by atoms with Crippen molar-refractivity contribution in [1.82, 2.24) is 15.5 Å². The van der Waals surface area contributed by atoms with Crippen LogP contribution in [0.5, 0.6) is 0 Å². The number of carbonyl (C=O) groups is 2. The molecule has 1 heterocycles. The molecular formula is C27H30ClFN4O2. The third kappa shape index (κ3) is 6.57. The lowest BCUT2D eigenvalue weighted by atomic mass is 10.1. The molecule has 0 unspecified atom stereocenters. The molecule has 3 aromatic carbocycles. The maximum Gasteiger partial charge on any atom is 0.251 e. The van der Waals surface area contributed by atoms with Crippen molar-refractivity contribution in [2.75, 3.05) is 19.6 Å². The molecule has 0 bridgehead atoms. The molecule has 6 nitrogen and oxygen atoms in total. The van der Waals surface area contributed by atoms with Crippen LogP contribution in [0.15, 0.2) is 60.7 Å². The first-order valence-electron chi connectivity index (χ1n) is 11.9. The maximum absolute atomic E-state index is 13.8. The Kier molecular flexibility index (Phi) is 8.33. The average Bonchev–Trinajstić information content (AvgIpc) is 2.99. The molecule has 184 valence electrons. The summed E-state index contributed by atoms with van der Waals surface area (Å²) in [7, 11) is 0. The highest BCUT2D eigenvalue weighted by Gasteiger charge is 2.30. The highest BCUT2D eigenvalue weighted by atomic mass is 35.5. The van der Waals surface area contributed by atoms with Crippen molar-refractivity contribution < 1.29 is 14.0 Å². The monoisotopic (exact) mass is 496 g/mol. The second-order valence-corrected chi connectivity index (χ2v) is 9.38. The Morgan fingerprint density at radius 2 is 1.94 bits per heavy atom. The Balaban J connectivity index is 1.43. The van der Waals surface area contributed by atoms with Crippen molar-refractivity contribution in [2.45, 2.75) is 37.9 Å². The third-order valence-electron chi connectivity index (χ3n) is 6.31. The van der Waals surface area contributed by atoms with Gasteiger partial charge in [0.05, 0.1) is 6.04 Å². The molecule has 0 aromatic heterocycles. The molecule has 1 saturated heterocycles. The van der Waals surface area contributed by atoms with Crippen LogP contribution in [0.25, 0.3) is 10.8 Å². The Morgan fingerprint density at radius 3 is 2.71 bits per heavy atom. The van der Waals surface area contributed by atoms with Crippen LogP contribution in [-0.2, 0) is 11.3 Å². The summed E-state index contributed by atoms with van der Waals surface area (Å²) in [5.74, 6) is -0.637. The number of amides is 2. The van der Waals surface area contributed by atoms with Gasteiger partial charge in [0.25, 0.3) is 5.91 Å². The Morgan fingerprint density at radius 1 is 1.14 bits per heavy atom. The van der Waals surface area contributed by atoms with E-state index in [-0.39, 0.29) is 24.4 Å². The van der Waals surface area contributed by atoms with Crippen LogP contribution >= 0.6 is 11.6 Å². The fraction of sp³-hybridized carbons (Fsp3) is 0.333. The van der Waals surface area contributed by atoms with Crippen molar-refractivity contribution in [1.29, 1.82) is 0 Å². The standard InChI is InChI=1S/C27H30ClFN4O2/c28-22-12-18(13-23(29)15-22)17-33-11-9-24(32-25(27(33)35)6-3-10-30)16-31-26(34)21-8-7-19-4-1-2-5-20(19)14-21/h1-2,4-5,7-8,12-15,24-25,32H,3,6,9-11,16-17,30H2,(H,31,34)/t24-,25-/m1/s1. The quantitative estimate of drug-likeness (QED) is 0.442. The van der Waals surface area contributed by atoms with Gasteiger partial charge < -0.3 is 21.3 Å². The van der Waals surface area contributed by atoms with Gasteiger partial charge in [-0.3, -0.25) is 9.59 Å². The normalized spacial score (nSPS) is 18.5. The lowest BCUT2D eigenvalue weighted by molar-refractivity contribution is -0.133. The molecule has 1 aliphatic rings. The number of fused-ring (bicyclic) bond motifs is 1. The third-order valence-corrected chi connectivity index (χ3v) is 6.53. The van der Waals surface area contributed by atoms with Crippen LogP contribution < -0.4 is 16.4 Å². The second kappa shape index (κ2) is 11.6. The van der Waals surface area contributed by atoms with E-state index < -0.39 is 11.9 Å². The predicted molar refractivity (Wildman–Crippen MR) is 137 cm³/mol. The average molecular weight is 497 g/mol. The summed E-state index contributed by atoms with van der Waals surface area (Å²) < 4.78 is 13.8. The predicted octanol–water partition coefficient (Wildman–Crippen LogP) is 3.86. The fourth-order valence-corrected chi connectivity index (χ4v) is 4.74. The number of halogens is 2. The van der Waals surface area contributed by atoms with E-state index in [1.807, 2.05) is 42.5 Å². The summed E-state index contributed by atoms with van der Waals surface area (Å²) in [6.45, 7) is 1.62. The van der Waals surface area contributed by atoms with Crippen LogP contribution in [0.3, 0.4) is 0 Å². The minimum absolute atomic E-state index is 0.0535. The van der Waals surface area contributed by atoms with Gasteiger partial charge in [0.15, 0.2) is 0 Å². The zero-order valence-electron chi connectivity index (χ0n) is 19.5. The van der Waals surface area contributed by atoms with Gasteiger partial charge >= 0.3 is 0 Å². The summed E-state index contributed by atoms with van der Waals surface area (Å²) in [5.41, 5.74) is 6.93. The van der Waals surface area contributed by atoms with Gasteiger partial charge in [-0.15, -0.1) is 0 Å². The molecule has 0 radical (unpaired) electrons. The number of carbonyl (C=O) groups excluding carboxylic acids is 2. The highest BCUT2D eigenvalue weighted by molar-refractivity contribution is 6.30. The van der Waals surface area contributed by atoms with Gasteiger partial charge in [-0.05, 0) is 72.5 Å². The maximum atomic E-state index is 13.8. The van der Waals surface area contributed by atoms with E-state index in [4.69, 9.17) is 17.3 Å². The van der Waals surface area contributed by atoms with Crippen molar-refractivity contribution in [3.63, 3.8) is 0 Å². The zero-order valence-corrected chi connectivity index (χ0v) is 20.2. The van der Waals surface area contributed by atoms with Crippen molar-refractivity contribution >= 4 is 34.2 Å². The molecule has 8 heteroatoms. The lowest BCUT2D eigenvalue weighted by Gasteiger charge is -2.25. The summed E-state index contributed by atoms with van der Waals surface area (Å²) in [5, 5.41) is 8.81. The smallest absolute Gasteiger partial charge is 0.251 e. The molecule has 4 N–H and O–H groups in total. The van der Waals surface area contributed by atoms with E-state index in [1.54, 1.807) is 11.0 Å². The minimum Gasteiger partial charge on any atom is -0.350 e. The molecule has 35 heavy (non-hydrogen) atoms. The zero-order chi connectivity index (χ0) is 24.8. The number of benzene rings is 3. The van der Waals surface area contributed by atoms with Crippen LogP contribution in [0.2, 0.25) is 5.02 Å². The Hall–Kier alpha value is -3.00. The van der Waals surface area contributed by atoms with Gasteiger partial charge in [0.1, 0.15) is 5.82 Å². The molecule has 3 aromatic rings. The lowest BCUT2D eigenvalue weighted by Crippen LogP contribution is -2.48. The first kappa shape index (κ1) is 25.1. The summed E-state index contributed by atoms with van der Waals surface area (Å²) >= 11 is 6.00. The van der Waals surface area contributed by atoms with Gasteiger partial charge in [0.2, 0.25) is 5.91 Å². The van der Waals surface area contributed by atoms with E-state index >= 15 is 0 Å². The van der Waals surface area contributed by atoms with E-state index in [0.29, 0.717) is 55.0 Å². The number of nitrogens with zero attached hydrogens (tertiary/aromatic N) is 1. The molecule has 4 rings (SSSR count). The number of rotatable bonds is 8. The summed E-state index contributed by atoms with van der Waals surface area (Å²) in [4.78, 5) is 27.8. The first-order valence-corrected chi connectivity index (χ1v) is 12.3. The number of hydrogen-bond donors (Lipinski definition) is 3. The molecule has 2 amide bonds. The van der Waals surface area contributed by atoms with Gasteiger partial charge in [-0.2, -0.15) is 0 Å². The van der Waals surface area contributed by atoms with Crippen LogP contribution in [0.1, 0.15) is 35.2 Å². The molecule has 0 aliphatic carbocycles. The van der Waals surface area contributed by atoms with Crippen LogP contribution in [-0.4, -0.2) is 48.4 Å². The Labute approximate surface area is 209 Å². The molecule has 0 saturated carbocycles. The largest absolute Gasteiger partial charge is 0.350 e. The van der Waals surface area contributed by atoms with Crippen LogP contribution in [0, 0.1) is 5.82 Å². The fourth-order valence-electron chi connectivity index (χ4n) is 4.50. The molecule has 0 spiro atoms. The minimum atomic E-state index is -0.429. The van der Waals surface area contributed by atoms with E-state index in [2.05, 4.69) is 10.6 Å². The molecule has 1 fully saturated rings. The number of nitrogens with one attached hydrogen (secondary N) is 2. The summed E-state index contributed by atoms with van der Waals surface area (Å²) in [6.07, 6.45) is 1.93. The van der Waals surface area contributed by atoms with Gasteiger partial charge in [-0.25, -0.2) is 4.39 Å². The van der Waals surface area contributed by atoms with Crippen molar-refractivity contribution in [2.24, 2.45) is 5.73 Å². The first-order chi connectivity index (χ1) is 16.9. The van der Waals surface area contributed by atoms with Gasteiger partial charge in [0, 0.05) is 36.3 Å². The topological polar surface area (TPSA) is 87.5 Å². The van der Waals surface area contributed by atoms with Crippen LogP contribution in [0.4, 0.5) is 4.39 Å². The molecular weight excluding hydrogens is 467 g/mol. The van der Waals surface area contributed by atoms with E-state index in [0.717, 1.165) is 10.8 Å². The summed E-state index contributed by atoms with van der Waals surface area (Å²) in [6, 6.07) is 17.3. The van der Waals surface area contributed by atoms with E-state index in [1.165, 1.54) is 12.1 Å². The Bertz CT molecular complexity index is 1180. The molecule has 1 aliphatic heterocycles. The molecule has 2 atom stereocenters. The van der Waals surface area contributed by atoms with Gasteiger partial charge in [-0.1, -0.05) is 41.9 Å².